The van der Waals surface area contributed by atoms with Crippen LogP contribution in [0.1, 0.15) is 19.4 Å². The highest BCUT2D eigenvalue weighted by molar-refractivity contribution is 5.22. The molecule has 0 fully saturated rings. The molecule has 0 saturated heterocycles. The van der Waals surface area contributed by atoms with Crippen LogP contribution in [0.5, 0.6) is 0 Å². The van der Waals surface area contributed by atoms with Gasteiger partial charge >= 0.3 is 0 Å². The van der Waals surface area contributed by atoms with E-state index in [-0.39, 0.29) is 0 Å². The van der Waals surface area contributed by atoms with Crippen LogP contribution in [0.15, 0.2) is 0 Å². The van der Waals surface area contributed by atoms with Gasteiger partial charge in [-0.15, -0.1) is 0 Å². The van der Waals surface area contributed by atoms with E-state index < -0.39 is 34.7 Å². The molecule has 1 aromatic rings. The van der Waals surface area contributed by atoms with Gasteiger partial charge in [-0.2, -0.15) is 13.8 Å². The van der Waals surface area contributed by atoms with Crippen molar-refractivity contribution in [1.82, 2.24) is 4.98 Å². The second-order valence-electron chi connectivity index (χ2n) is 3.26. The van der Waals surface area contributed by atoms with Crippen LogP contribution in [0.4, 0.5) is 17.6 Å². The highest BCUT2D eigenvalue weighted by atomic mass is 19.2. The lowest BCUT2D eigenvalue weighted by Crippen LogP contribution is -2.22. The Hall–Kier alpha value is -1.17. The zero-order valence-corrected chi connectivity index (χ0v) is 7.41. The summed E-state index contributed by atoms with van der Waals surface area (Å²) in [4.78, 5) is 2.35. The summed E-state index contributed by atoms with van der Waals surface area (Å²) in [5, 5.41) is 9.26. The van der Waals surface area contributed by atoms with Crippen molar-refractivity contribution in [2.45, 2.75) is 19.4 Å². The van der Waals surface area contributed by atoms with Crippen LogP contribution in [-0.2, 0) is 5.60 Å². The molecule has 0 atom stereocenters. The van der Waals surface area contributed by atoms with Crippen LogP contribution in [0, 0.1) is 23.5 Å². The molecule has 1 N–H and O–H groups in total. The molecule has 0 saturated carbocycles. The zero-order chi connectivity index (χ0) is 11.1. The molecule has 1 rings (SSSR count). The lowest BCUT2D eigenvalue weighted by atomic mass is 9.98. The predicted molar refractivity (Wildman–Crippen MR) is 39.3 cm³/mol. The maximum absolute atomic E-state index is 12.9. The first kappa shape index (κ1) is 10.9. The van der Waals surface area contributed by atoms with E-state index in [0.29, 0.717) is 0 Å². The van der Waals surface area contributed by atoms with Gasteiger partial charge in [0.2, 0.25) is 0 Å². The van der Waals surface area contributed by atoms with Crippen molar-refractivity contribution in [2.24, 2.45) is 0 Å². The minimum Gasteiger partial charge on any atom is -0.386 e. The molecule has 1 heterocycles. The zero-order valence-electron chi connectivity index (χ0n) is 7.41. The molecule has 0 spiro atoms. The van der Waals surface area contributed by atoms with E-state index in [9.17, 15) is 22.7 Å². The lowest BCUT2D eigenvalue weighted by Gasteiger charge is -2.19. The van der Waals surface area contributed by atoms with E-state index in [2.05, 4.69) is 4.98 Å². The molecule has 0 aromatic carbocycles. The fourth-order valence-corrected chi connectivity index (χ4v) is 1.02. The first-order chi connectivity index (χ1) is 6.25. The van der Waals surface area contributed by atoms with Crippen LogP contribution >= 0.6 is 0 Å². The number of pyridine rings is 1. The van der Waals surface area contributed by atoms with Crippen molar-refractivity contribution < 1.29 is 22.7 Å². The highest BCUT2D eigenvalue weighted by Crippen LogP contribution is 2.27. The maximum atomic E-state index is 12.9. The van der Waals surface area contributed by atoms with E-state index in [0.717, 1.165) is 13.8 Å². The fraction of sp³-hybridized carbons (Fsp3) is 0.375. The summed E-state index contributed by atoms with van der Waals surface area (Å²) in [5.41, 5.74) is -3.08. The lowest BCUT2D eigenvalue weighted by molar-refractivity contribution is 0.0674. The minimum absolute atomic E-state index is 1.01. The smallest absolute Gasteiger partial charge is 0.252 e. The summed E-state index contributed by atoms with van der Waals surface area (Å²) in [7, 11) is 0. The van der Waals surface area contributed by atoms with Gasteiger partial charge in [0.05, 0.1) is 11.2 Å². The number of halogens is 4. The second-order valence-corrected chi connectivity index (χ2v) is 3.26. The Kier molecular flexibility index (Phi) is 2.49. The van der Waals surface area contributed by atoms with E-state index in [1.54, 1.807) is 0 Å². The monoisotopic (exact) mass is 209 g/mol. The number of nitrogens with zero attached hydrogens (tertiary/aromatic N) is 1. The Morgan fingerprint density at radius 3 is 1.64 bits per heavy atom. The molecule has 14 heavy (non-hydrogen) atoms. The topological polar surface area (TPSA) is 33.1 Å². The second kappa shape index (κ2) is 3.20. The normalized spacial score (nSPS) is 11.9. The Balaban J connectivity index is 3.56. The summed E-state index contributed by atoms with van der Waals surface area (Å²) in [5.74, 6) is -6.92. The Labute approximate surface area is 77.2 Å². The van der Waals surface area contributed by atoms with Crippen molar-refractivity contribution in [3.63, 3.8) is 0 Å². The summed E-state index contributed by atoms with van der Waals surface area (Å²) in [6, 6.07) is 0. The predicted octanol–water partition coefficient (Wildman–Crippen LogP) is 1.87. The molecule has 0 unspecified atom stereocenters. The third-order valence-corrected chi connectivity index (χ3v) is 1.61. The van der Waals surface area contributed by atoms with Crippen molar-refractivity contribution in [1.29, 1.82) is 0 Å². The maximum Gasteiger partial charge on any atom is 0.252 e. The third kappa shape index (κ3) is 1.70. The SMILES string of the molecule is CC(C)(O)c1c(F)c(F)nc(F)c1F. The molecule has 0 aliphatic heterocycles. The van der Waals surface area contributed by atoms with Crippen LogP contribution in [0.2, 0.25) is 0 Å². The molecular formula is C8H7F4NO. The number of hydrogen-bond acceptors (Lipinski definition) is 2. The van der Waals surface area contributed by atoms with Crippen molar-refractivity contribution >= 4 is 0 Å². The quantitative estimate of drug-likeness (QED) is 0.565. The molecule has 0 radical (unpaired) electrons. The fourth-order valence-electron chi connectivity index (χ4n) is 1.02. The first-order valence-corrected chi connectivity index (χ1v) is 3.68. The largest absolute Gasteiger partial charge is 0.386 e. The van der Waals surface area contributed by atoms with Gasteiger partial charge in [-0.3, -0.25) is 0 Å². The summed E-state index contributed by atoms with van der Waals surface area (Å²) in [6.45, 7) is 2.01. The number of aliphatic hydroxyl groups is 1. The van der Waals surface area contributed by atoms with Gasteiger partial charge < -0.3 is 5.11 Å². The number of hydrogen-bond donors (Lipinski definition) is 1. The molecular weight excluding hydrogens is 202 g/mol. The first-order valence-electron chi connectivity index (χ1n) is 3.68. The van der Waals surface area contributed by atoms with Crippen molar-refractivity contribution in [3.8, 4) is 0 Å². The molecule has 6 heteroatoms. The van der Waals surface area contributed by atoms with E-state index in [1.807, 2.05) is 0 Å². The van der Waals surface area contributed by atoms with Gasteiger partial charge in [-0.25, -0.2) is 8.78 Å². The van der Waals surface area contributed by atoms with Gasteiger partial charge in [0.25, 0.3) is 11.9 Å². The average Bonchev–Trinajstić information content (AvgIpc) is 1.98. The molecule has 0 bridgehead atoms. The minimum atomic E-state index is -2.02. The number of rotatable bonds is 1. The van der Waals surface area contributed by atoms with Gasteiger partial charge in [0, 0.05) is 0 Å². The Morgan fingerprint density at radius 2 is 1.36 bits per heavy atom. The van der Waals surface area contributed by atoms with Crippen LogP contribution in [-0.4, -0.2) is 10.1 Å². The summed E-state index contributed by atoms with van der Waals surface area (Å²) >= 11 is 0. The van der Waals surface area contributed by atoms with Crippen molar-refractivity contribution in [2.75, 3.05) is 0 Å². The standard InChI is InChI=1S/C8H7F4NO/c1-8(2,14)3-4(9)6(11)13-7(12)5(3)10/h14H,1-2H3. The summed E-state index contributed by atoms with van der Waals surface area (Å²) in [6.07, 6.45) is 0. The molecule has 2 nitrogen and oxygen atoms in total. The molecule has 0 amide bonds. The third-order valence-electron chi connectivity index (χ3n) is 1.61. The summed E-state index contributed by atoms with van der Waals surface area (Å²) < 4.78 is 51.0. The van der Waals surface area contributed by atoms with Gasteiger partial charge in [0.1, 0.15) is 0 Å². The van der Waals surface area contributed by atoms with E-state index >= 15 is 0 Å². The average molecular weight is 209 g/mol. The number of aromatic nitrogens is 1. The Bertz CT molecular complexity index is 346. The van der Waals surface area contributed by atoms with Gasteiger partial charge in [-0.1, -0.05) is 0 Å². The van der Waals surface area contributed by atoms with Crippen LogP contribution in [0.25, 0.3) is 0 Å². The molecule has 0 aliphatic carbocycles. The highest BCUT2D eigenvalue weighted by Gasteiger charge is 2.30. The van der Waals surface area contributed by atoms with E-state index in [4.69, 9.17) is 0 Å². The molecule has 1 aromatic heterocycles. The van der Waals surface area contributed by atoms with E-state index in [1.165, 1.54) is 0 Å². The van der Waals surface area contributed by atoms with Gasteiger partial charge in [0.15, 0.2) is 11.6 Å². The van der Waals surface area contributed by atoms with Crippen LogP contribution < -0.4 is 0 Å². The Morgan fingerprint density at radius 1 is 1.00 bits per heavy atom. The van der Waals surface area contributed by atoms with Gasteiger partial charge in [-0.05, 0) is 13.8 Å². The molecule has 0 aliphatic rings. The molecule has 78 valence electrons. The van der Waals surface area contributed by atoms with Crippen molar-refractivity contribution in [3.05, 3.63) is 29.1 Å². The van der Waals surface area contributed by atoms with Crippen LogP contribution in [0.3, 0.4) is 0 Å².